The highest BCUT2D eigenvalue weighted by Gasteiger charge is 2.30. The highest BCUT2D eigenvalue weighted by Crippen LogP contribution is 2.29. The van der Waals surface area contributed by atoms with Gasteiger partial charge in [-0.25, -0.2) is 12.8 Å². The Morgan fingerprint density at radius 1 is 1.40 bits per heavy atom. The van der Waals surface area contributed by atoms with Crippen LogP contribution < -0.4 is 5.73 Å². The van der Waals surface area contributed by atoms with Crippen molar-refractivity contribution in [1.82, 2.24) is 9.78 Å². The molecule has 0 spiro atoms. The van der Waals surface area contributed by atoms with Crippen LogP contribution in [0.15, 0.2) is 30.5 Å². The number of sulfone groups is 1. The van der Waals surface area contributed by atoms with Gasteiger partial charge in [-0.3, -0.25) is 4.68 Å². The summed E-state index contributed by atoms with van der Waals surface area (Å²) < 4.78 is 37.8. The molecular formula is C13H14FN3O2S. The summed E-state index contributed by atoms with van der Waals surface area (Å²) in [5.74, 6) is -0.108. The first kappa shape index (κ1) is 13.1. The van der Waals surface area contributed by atoms with E-state index < -0.39 is 9.84 Å². The smallest absolute Gasteiger partial charge is 0.152 e. The first-order valence-corrected chi connectivity index (χ1v) is 8.08. The first-order valence-electron chi connectivity index (χ1n) is 6.25. The van der Waals surface area contributed by atoms with Crippen LogP contribution in [-0.2, 0) is 9.84 Å². The van der Waals surface area contributed by atoms with Gasteiger partial charge < -0.3 is 5.73 Å². The summed E-state index contributed by atoms with van der Waals surface area (Å²) in [6.07, 6.45) is 2.15. The summed E-state index contributed by atoms with van der Waals surface area (Å²) in [6, 6.07) is 5.82. The molecule has 1 aliphatic rings. The van der Waals surface area contributed by atoms with Crippen molar-refractivity contribution in [3.8, 4) is 11.3 Å². The quantitative estimate of drug-likeness (QED) is 0.913. The first-order chi connectivity index (χ1) is 9.44. The molecule has 0 saturated carbocycles. The van der Waals surface area contributed by atoms with E-state index in [-0.39, 0.29) is 23.4 Å². The second-order valence-electron chi connectivity index (χ2n) is 4.98. The number of rotatable bonds is 2. The van der Waals surface area contributed by atoms with Gasteiger partial charge in [-0.2, -0.15) is 5.10 Å². The van der Waals surface area contributed by atoms with Gasteiger partial charge in [0.1, 0.15) is 11.5 Å². The monoisotopic (exact) mass is 295 g/mol. The van der Waals surface area contributed by atoms with Gasteiger partial charge in [0.2, 0.25) is 0 Å². The number of nitrogens with zero attached hydrogens (tertiary/aromatic N) is 2. The third-order valence-corrected chi connectivity index (χ3v) is 5.19. The van der Waals surface area contributed by atoms with Crippen LogP contribution >= 0.6 is 0 Å². The highest BCUT2D eigenvalue weighted by atomic mass is 32.2. The van der Waals surface area contributed by atoms with Gasteiger partial charge in [-0.1, -0.05) is 12.1 Å². The van der Waals surface area contributed by atoms with Crippen LogP contribution in [0.3, 0.4) is 0 Å². The van der Waals surface area contributed by atoms with E-state index in [0.29, 0.717) is 23.4 Å². The molecule has 1 aromatic heterocycles. The molecule has 7 heteroatoms. The zero-order chi connectivity index (χ0) is 14.3. The van der Waals surface area contributed by atoms with E-state index in [1.54, 1.807) is 23.0 Å². The van der Waals surface area contributed by atoms with Crippen molar-refractivity contribution in [3.05, 3.63) is 36.3 Å². The predicted octanol–water partition coefficient (Wildman–Crippen LogP) is 1.63. The molecule has 2 N–H and O–H groups in total. The number of benzene rings is 1. The molecule has 1 saturated heterocycles. The average Bonchev–Trinajstić information content (AvgIpc) is 2.92. The van der Waals surface area contributed by atoms with Crippen LogP contribution in [0.5, 0.6) is 0 Å². The van der Waals surface area contributed by atoms with Gasteiger partial charge in [-0.15, -0.1) is 0 Å². The summed E-state index contributed by atoms with van der Waals surface area (Å²) >= 11 is 0. The number of nitrogen functional groups attached to an aromatic ring is 1. The molecule has 20 heavy (non-hydrogen) atoms. The van der Waals surface area contributed by atoms with E-state index in [0.717, 1.165) is 0 Å². The van der Waals surface area contributed by atoms with Crippen LogP contribution in [0.2, 0.25) is 0 Å². The minimum atomic E-state index is -2.98. The second kappa shape index (κ2) is 4.59. The number of aromatic nitrogens is 2. The van der Waals surface area contributed by atoms with Gasteiger partial charge in [0, 0.05) is 11.8 Å². The largest absolute Gasteiger partial charge is 0.396 e. The van der Waals surface area contributed by atoms with Crippen molar-refractivity contribution in [1.29, 1.82) is 0 Å². The van der Waals surface area contributed by atoms with E-state index in [9.17, 15) is 12.8 Å². The molecule has 0 amide bonds. The van der Waals surface area contributed by atoms with Crippen LogP contribution in [0.1, 0.15) is 12.5 Å². The Kier molecular flexibility index (Phi) is 3.01. The topological polar surface area (TPSA) is 78.0 Å². The number of hydrogen-bond acceptors (Lipinski definition) is 4. The maximum absolute atomic E-state index is 13.2. The highest BCUT2D eigenvalue weighted by molar-refractivity contribution is 7.91. The molecular weight excluding hydrogens is 281 g/mol. The summed E-state index contributed by atoms with van der Waals surface area (Å²) in [7, 11) is -2.98. The molecule has 5 nitrogen and oxygen atoms in total. The Bertz CT molecular complexity index is 755. The minimum Gasteiger partial charge on any atom is -0.396 e. The molecule has 2 heterocycles. The second-order valence-corrected chi connectivity index (χ2v) is 7.21. The molecule has 0 aliphatic carbocycles. The minimum absolute atomic E-state index is 0.0801. The van der Waals surface area contributed by atoms with Gasteiger partial charge in [-0.05, 0) is 18.6 Å². The number of anilines is 1. The number of halogens is 1. The standard InChI is InChI=1S/C13H14FN3O2S/c14-10-3-1-2-9(6-10)13-12(15)7-17(16-13)11-4-5-20(18,19)8-11/h1-3,6-7,11H,4-5,8,15H2. The maximum Gasteiger partial charge on any atom is 0.152 e. The fraction of sp³-hybridized carbons (Fsp3) is 0.308. The van der Waals surface area contributed by atoms with Crippen molar-refractivity contribution in [3.63, 3.8) is 0 Å². The molecule has 1 aliphatic heterocycles. The molecule has 0 radical (unpaired) electrons. The third kappa shape index (κ3) is 2.40. The predicted molar refractivity (Wildman–Crippen MR) is 74.3 cm³/mol. The molecule has 3 rings (SSSR count). The summed E-state index contributed by atoms with van der Waals surface area (Å²) in [4.78, 5) is 0. The Balaban J connectivity index is 1.96. The molecule has 1 atom stereocenters. The normalized spacial score (nSPS) is 21.1. The average molecular weight is 295 g/mol. The molecule has 1 fully saturated rings. The fourth-order valence-electron chi connectivity index (χ4n) is 2.44. The maximum atomic E-state index is 13.2. The lowest BCUT2D eigenvalue weighted by atomic mass is 10.1. The lowest BCUT2D eigenvalue weighted by Gasteiger charge is -2.07. The molecule has 106 valence electrons. The van der Waals surface area contributed by atoms with Crippen LogP contribution in [0.25, 0.3) is 11.3 Å². The van der Waals surface area contributed by atoms with Crippen molar-refractivity contribution in [2.24, 2.45) is 0 Å². The number of hydrogen-bond donors (Lipinski definition) is 1. The van der Waals surface area contributed by atoms with Crippen molar-refractivity contribution in [2.75, 3.05) is 17.2 Å². The molecule has 1 aromatic carbocycles. The zero-order valence-electron chi connectivity index (χ0n) is 10.7. The van der Waals surface area contributed by atoms with Gasteiger partial charge in [0.25, 0.3) is 0 Å². The van der Waals surface area contributed by atoms with Crippen LogP contribution in [-0.4, -0.2) is 29.7 Å². The molecule has 0 bridgehead atoms. The fourth-order valence-corrected chi connectivity index (χ4v) is 4.14. The Morgan fingerprint density at radius 2 is 2.20 bits per heavy atom. The van der Waals surface area contributed by atoms with Gasteiger partial charge in [0.05, 0.1) is 23.2 Å². The van der Waals surface area contributed by atoms with Crippen LogP contribution in [0.4, 0.5) is 10.1 Å². The molecule has 1 unspecified atom stereocenters. The van der Waals surface area contributed by atoms with E-state index in [1.165, 1.54) is 12.1 Å². The van der Waals surface area contributed by atoms with E-state index in [1.807, 2.05) is 0 Å². The lowest BCUT2D eigenvalue weighted by Crippen LogP contribution is -2.11. The number of nitrogens with two attached hydrogens (primary N) is 1. The van der Waals surface area contributed by atoms with Crippen LogP contribution in [0, 0.1) is 5.82 Å². The van der Waals surface area contributed by atoms with E-state index >= 15 is 0 Å². The van der Waals surface area contributed by atoms with Crippen molar-refractivity contribution in [2.45, 2.75) is 12.5 Å². The van der Waals surface area contributed by atoms with E-state index in [2.05, 4.69) is 5.10 Å². The Morgan fingerprint density at radius 3 is 2.85 bits per heavy atom. The third-order valence-electron chi connectivity index (χ3n) is 3.44. The molecule has 2 aromatic rings. The lowest BCUT2D eigenvalue weighted by molar-refractivity contribution is 0.501. The van der Waals surface area contributed by atoms with Gasteiger partial charge >= 0.3 is 0 Å². The summed E-state index contributed by atoms with van der Waals surface area (Å²) in [6.45, 7) is 0. The van der Waals surface area contributed by atoms with Gasteiger partial charge in [0.15, 0.2) is 9.84 Å². The summed E-state index contributed by atoms with van der Waals surface area (Å²) in [5.41, 5.74) is 7.39. The van der Waals surface area contributed by atoms with Crippen molar-refractivity contribution < 1.29 is 12.8 Å². The Labute approximate surface area is 116 Å². The zero-order valence-corrected chi connectivity index (χ0v) is 11.5. The summed E-state index contributed by atoms with van der Waals surface area (Å²) in [5, 5.41) is 4.33. The van der Waals surface area contributed by atoms with E-state index in [4.69, 9.17) is 5.73 Å². The SMILES string of the molecule is Nc1cn(C2CCS(=O)(=O)C2)nc1-c1cccc(F)c1. The Hall–Kier alpha value is -1.89. The van der Waals surface area contributed by atoms with Crippen molar-refractivity contribution >= 4 is 15.5 Å².